The van der Waals surface area contributed by atoms with Gasteiger partial charge in [-0.2, -0.15) is 0 Å². The highest BCUT2D eigenvalue weighted by Gasteiger charge is 2.41. The van der Waals surface area contributed by atoms with Crippen LogP contribution in [-0.2, 0) is 0 Å². The molecule has 3 heteroatoms. The monoisotopic (exact) mass is 188 g/mol. The van der Waals surface area contributed by atoms with Crippen LogP contribution in [0, 0.1) is 5.92 Å². The van der Waals surface area contributed by atoms with Crippen LogP contribution in [-0.4, -0.2) is 24.8 Å². The lowest BCUT2D eigenvalue weighted by atomic mass is 9.81. The van der Waals surface area contributed by atoms with Crippen molar-refractivity contribution in [3.8, 4) is 0 Å². The van der Waals surface area contributed by atoms with E-state index in [4.69, 9.17) is 5.73 Å². The van der Waals surface area contributed by atoms with Crippen LogP contribution in [0.2, 0.25) is 0 Å². The number of piperidine rings is 1. The minimum absolute atomic E-state index is 0.00639. The first kappa shape index (κ1) is 10.9. The van der Waals surface area contributed by atoms with Crippen molar-refractivity contribution in [2.75, 3.05) is 13.1 Å². The quantitative estimate of drug-likeness (QED) is 0.703. The molecule has 13 heavy (non-hydrogen) atoms. The first-order chi connectivity index (χ1) is 6.11. The van der Waals surface area contributed by atoms with E-state index in [1.54, 1.807) is 0 Å². The Labute approximate surface area is 80.1 Å². The number of hydrogen-bond donors (Lipinski definition) is 2. The Bertz CT molecular complexity index is 155. The second-order valence-electron chi connectivity index (χ2n) is 4.29. The molecule has 1 fully saturated rings. The van der Waals surface area contributed by atoms with Crippen LogP contribution in [0.5, 0.6) is 0 Å². The Kier molecular flexibility index (Phi) is 3.68. The van der Waals surface area contributed by atoms with Gasteiger partial charge < -0.3 is 11.1 Å². The Morgan fingerprint density at radius 3 is 2.62 bits per heavy atom. The van der Waals surface area contributed by atoms with Gasteiger partial charge >= 0.3 is 0 Å². The summed E-state index contributed by atoms with van der Waals surface area (Å²) in [6.07, 6.45) is 3.21. The van der Waals surface area contributed by atoms with E-state index >= 15 is 0 Å². The van der Waals surface area contributed by atoms with Gasteiger partial charge in [-0.05, 0) is 25.3 Å². The summed E-state index contributed by atoms with van der Waals surface area (Å²) in [7, 11) is 0. The third kappa shape index (κ3) is 2.20. The minimum Gasteiger partial charge on any atom is -0.327 e. The molecule has 0 aromatic rings. The Morgan fingerprint density at radius 1 is 1.54 bits per heavy atom. The van der Waals surface area contributed by atoms with Crippen molar-refractivity contribution in [2.45, 2.75) is 44.8 Å². The summed E-state index contributed by atoms with van der Waals surface area (Å²) in [6.45, 7) is 4.87. The number of halogens is 1. The molecule has 78 valence electrons. The average molecular weight is 188 g/mol. The van der Waals surface area contributed by atoms with Gasteiger partial charge in [-0.1, -0.05) is 20.3 Å². The first-order valence-corrected chi connectivity index (χ1v) is 5.23. The number of rotatable bonds is 3. The Balaban J connectivity index is 2.62. The van der Waals surface area contributed by atoms with Crippen molar-refractivity contribution in [2.24, 2.45) is 11.7 Å². The summed E-state index contributed by atoms with van der Waals surface area (Å²) in [5.74, 6) is -0.00639. The van der Waals surface area contributed by atoms with Crippen molar-refractivity contribution in [3.63, 3.8) is 0 Å². The molecule has 0 saturated carbocycles. The van der Waals surface area contributed by atoms with Crippen molar-refractivity contribution in [1.82, 2.24) is 5.32 Å². The standard InChI is InChI=1S/C10H21FN2/c1-8(2)10(11,7-12)9-5-3-4-6-13-9/h8-9,13H,3-7,12H2,1-2H3. The summed E-state index contributed by atoms with van der Waals surface area (Å²) in [4.78, 5) is 0. The van der Waals surface area contributed by atoms with E-state index < -0.39 is 5.67 Å². The molecule has 0 aromatic carbocycles. The molecular weight excluding hydrogens is 167 g/mol. The van der Waals surface area contributed by atoms with Crippen molar-refractivity contribution >= 4 is 0 Å². The SMILES string of the molecule is CC(C)C(F)(CN)C1CCCCN1. The normalized spacial score (nSPS) is 28.8. The summed E-state index contributed by atoms with van der Waals surface area (Å²) < 4.78 is 14.3. The van der Waals surface area contributed by atoms with Gasteiger partial charge in [0.05, 0.1) is 0 Å². The summed E-state index contributed by atoms with van der Waals surface area (Å²) in [6, 6.07) is -0.0359. The number of nitrogens with two attached hydrogens (primary N) is 1. The van der Waals surface area contributed by atoms with E-state index in [2.05, 4.69) is 5.32 Å². The lowest BCUT2D eigenvalue weighted by molar-refractivity contribution is 0.0489. The topological polar surface area (TPSA) is 38.0 Å². The maximum absolute atomic E-state index is 14.3. The molecule has 0 bridgehead atoms. The van der Waals surface area contributed by atoms with Crippen LogP contribution >= 0.6 is 0 Å². The van der Waals surface area contributed by atoms with Crippen molar-refractivity contribution in [1.29, 1.82) is 0 Å². The summed E-state index contributed by atoms with van der Waals surface area (Å²) >= 11 is 0. The highest BCUT2D eigenvalue weighted by Crippen LogP contribution is 2.29. The highest BCUT2D eigenvalue weighted by atomic mass is 19.1. The molecule has 0 aromatic heterocycles. The van der Waals surface area contributed by atoms with E-state index in [1.807, 2.05) is 13.8 Å². The van der Waals surface area contributed by atoms with E-state index in [9.17, 15) is 4.39 Å². The Morgan fingerprint density at radius 2 is 2.23 bits per heavy atom. The zero-order valence-electron chi connectivity index (χ0n) is 8.65. The molecule has 2 nitrogen and oxygen atoms in total. The van der Waals surface area contributed by atoms with Gasteiger partial charge in [0.25, 0.3) is 0 Å². The summed E-state index contributed by atoms with van der Waals surface area (Å²) in [5.41, 5.74) is 4.30. The maximum atomic E-state index is 14.3. The lowest BCUT2D eigenvalue weighted by Gasteiger charge is -2.39. The van der Waals surface area contributed by atoms with Crippen LogP contribution in [0.3, 0.4) is 0 Å². The Hall–Kier alpha value is -0.150. The number of hydrogen-bond acceptors (Lipinski definition) is 2. The number of nitrogens with one attached hydrogen (secondary N) is 1. The molecule has 3 N–H and O–H groups in total. The van der Waals surface area contributed by atoms with Crippen molar-refractivity contribution < 1.29 is 4.39 Å². The minimum atomic E-state index is -1.22. The molecule has 2 atom stereocenters. The molecular formula is C10H21FN2. The number of alkyl halides is 1. The summed E-state index contributed by atoms with van der Waals surface area (Å²) in [5, 5.41) is 3.24. The van der Waals surface area contributed by atoms with Crippen LogP contribution < -0.4 is 11.1 Å². The largest absolute Gasteiger partial charge is 0.327 e. The van der Waals surface area contributed by atoms with E-state index in [0.29, 0.717) is 0 Å². The fraction of sp³-hybridized carbons (Fsp3) is 1.00. The van der Waals surface area contributed by atoms with E-state index in [1.165, 1.54) is 0 Å². The smallest absolute Gasteiger partial charge is 0.140 e. The highest BCUT2D eigenvalue weighted by molar-refractivity contribution is 4.96. The molecule has 1 heterocycles. The second kappa shape index (κ2) is 4.38. The maximum Gasteiger partial charge on any atom is 0.140 e. The van der Waals surface area contributed by atoms with Gasteiger partial charge in [-0.15, -0.1) is 0 Å². The molecule has 2 unspecified atom stereocenters. The zero-order valence-corrected chi connectivity index (χ0v) is 8.65. The third-order valence-electron chi connectivity index (χ3n) is 3.16. The molecule has 1 rings (SSSR count). The average Bonchev–Trinajstić information content (AvgIpc) is 2.17. The third-order valence-corrected chi connectivity index (χ3v) is 3.16. The fourth-order valence-corrected chi connectivity index (χ4v) is 2.04. The molecule has 1 aliphatic rings. The molecule has 1 aliphatic heterocycles. The van der Waals surface area contributed by atoms with Crippen LogP contribution in [0.4, 0.5) is 4.39 Å². The van der Waals surface area contributed by atoms with Crippen LogP contribution in [0.25, 0.3) is 0 Å². The van der Waals surface area contributed by atoms with E-state index in [-0.39, 0.29) is 18.5 Å². The van der Waals surface area contributed by atoms with Gasteiger partial charge in [0.2, 0.25) is 0 Å². The van der Waals surface area contributed by atoms with Gasteiger partial charge in [0, 0.05) is 12.6 Å². The van der Waals surface area contributed by atoms with E-state index in [0.717, 1.165) is 25.8 Å². The molecule has 0 aliphatic carbocycles. The first-order valence-electron chi connectivity index (χ1n) is 5.23. The predicted molar refractivity (Wildman–Crippen MR) is 53.4 cm³/mol. The molecule has 0 radical (unpaired) electrons. The van der Waals surface area contributed by atoms with Gasteiger partial charge in [-0.25, -0.2) is 4.39 Å². The zero-order chi connectivity index (χ0) is 9.90. The van der Waals surface area contributed by atoms with Gasteiger partial charge in [0.1, 0.15) is 5.67 Å². The molecule has 1 saturated heterocycles. The van der Waals surface area contributed by atoms with Gasteiger partial charge in [-0.3, -0.25) is 0 Å². The predicted octanol–water partition coefficient (Wildman–Crippen LogP) is 1.45. The van der Waals surface area contributed by atoms with Crippen LogP contribution in [0.15, 0.2) is 0 Å². The van der Waals surface area contributed by atoms with Gasteiger partial charge in [0.15, 0.2) is 0 Å². The van der Waals surface area contributed by atoms with Crippen LogP contribution in [0.1, 0.15) is 33.1 Å². The molecule has 0 amide bonds. The molecule has 0 spiro atoms. The lowest BCUT2D eigenvalue weighted by Crippen LogP contribution is -2.56. The fourth-order valence-electron chi connectivity index (χ4n) is 2.04. The second-order valence-corrected chi connectivity index (χ2v) is 4.29. The van der Waals surface area contributed by atoms with Crippen molar-refractivity contribution in [3.05, 3.63) is 0 Å².